The first-order valence-corrected chi connectivity index (χ1v) is 9.40. The van der Waals surface area contributed by atoms with Crippen LogP contribution in [0.25, 0.3) is 0 Å². The number of hydrogen-bond donors (Lipinski definition) is 0. The highest BCUT2D eigenvalue weighted by molar-refractivity contribution is 9.11. The molecule has 0 saturated heterocycles. The minimum absolute atomic E-state index is 0.810. The highest BCUT2D eigenvalue weighted by Crippen LogP contribution is 2.28. The van der Waals surface area contributed by atoms with Gasteiger partial charge in [-0.2, -0.15) is 0 Å². The predicted octanol–water partition coefficient (Wildman–Crippen LogP) is 7.12. The molecule has 0 atom stereocenters. The number of benzene rings is 1. The number of hydrogen-bond acceptors (Lipinski definition) is 1. The second-order valence-corrected chi connectivity index (χ2v) is 7.02. The van der Waals surface area contributed by atoms with E-state index in [0.717, 1.165) is 27.7 Å². The molecule has 0 aliphatic rings. The molecule has 20 heavy (non-hydrogen) atoms. The maximum atomic E-state index is 5.80. The summed E-state index contributed by atoms with van der Waals surface area (Å²) < 4.78 is 7.88. The first-order valence-electron chi connectivity index (χ1n) is 7.82. The van der Waals surface area contributed by atoms with Crippen molar-refractivity contribution in [3.05, 3.63) is 27.1 Å². The largest absolute Gasteiger partial charge is 0.492 e. The summed E-state index contributed by atoms with van der Waals surface area (Å²) >= 11 is 6.97. The van der Waals surface area contributed by atoms with E-state index in [0.29, 0.717) is 0 Å². The first-order chi connectivity index (χ1) is 9.74. The van der Waals surface area contributed by atoms with Crippen molar-refractivity contribution in [1.29, 1.82) is 0 Å². The van der Waals surface area contributed by atoms with Crippen molar-refractivity contribution < 1.29 is 4.74 Å². The Bertz CT molecular complexity index is 366. The zero-order chi connectivity index (χ0) is 14.6. The normalized spacial score (nSPS) is 10.8. The molecule has 0 radical (unpaired) electrons. The molecule has 114 valence electrons. The van der Waals surface area contributed by atoms with Crippen LogP contribution in [0.3, 0.4) is 0 Å². The highest BCUT2D eigenvalue weighted by Gasteiger charge is 2.01. The highest BCUT2D eigenvalue weighted by atomic mass is 79.9. The second kappa shape index (κ2) is 11.6. The minimum atomic E-state index is 0.810. The maximum absolute atomic E-state index is 5.80. The molecule has 0 amide bonds. The lowest BCUT2D eigenvalue weighted by Crippen LogP contribution is -1.98. The van der Waals surface area contributed by atoms with E-state index in [2.05, 4.69) is 38.8 Å². The fraction of sp³-hybridized carbons (Fsp3) is 0.647. The van der Waals surface area contributed by atoms with Gasteiger partial charge in [0.25, 0.3) is 0 Å². The summed E-state index contributed by atoms with van der Waals surface area (Å²) in [5, 5.41) is 0. The summed E-state index contributed by atoms with van der Waals surface area (Å²) in [7, 11) is 0. The molecule has 0 saturated carbocycles. The van der Waals surface area contributed by atoms with Crippen LogP contribution < -0.4 is 4.74 Å². The molecule has 1 rings (SSSR count). The van der Waals surface area contributed by atoms with Gasteiger partial charge in [-0.3, -0.25) is 0 Å². The Morgan fingerprint density at radius 3 is 2.10 bits per heavy atom. The van der Waals surface area contributed by atoms with Gasteiger partial charge in [0.05, 0.1) is 11.1 Å². The lowest BCUT2D eigenvalue weighted by Gasteiger charge is -2.08. The molecule has 0 aliphatic carbocycles. The topological polar surface area (TPSA) is 9.23 Å². The molecular formula is C17H26Br2O. The maximum Gasteiger partial charge on any atom is 0.134 e. The quantitative estimate of drug-likeness (QED) is 0.356. The number of ether oxygens (including phenoxy) is 1. The van der Waals surface area contributed by atoms with E-state index in [-0.39, 0.29) is 0 Å². The van der Waals surface area contributed by atoms with Crippen LogP contribution in [0.1, 0.15) is 64.7 Å². The van der Waals surface area contributed by atoms with Crippen LogP contribution in [0.15, 0.2) is 27.1 Å². The van der Waals surface area contributed by atoms with Gasteiger partial charge in [-0.25, -0.2) is 0 Å². The van der Waals surface area contributed by atoms with Gasteiger partial charge in [-0.15, -0.1) is 0 Å². The Morgan fingerprint density at radius 2 is 1.45 bits per heavy atom. The zero-order valence-corrected chi connectivity index (χ0v) is 15.6. The van der Waals surface area contributed by atoms with E-state index in [1.807, 2.05) is 18.2 Å². The average molecular weight is 406 g/mol. The van der Waals surface area contributed by atoms with Crippen molar-refractivity contribution in [2.75, 3.05) is 6.61 Å². The summed E-state index contributed by atoms with van der Waals surface area (Å²) in [6.07, 6.45) is 12.1. The van der Waals surface area contributed by atoms with Crippen LogP contribution >= 0.6 is 31.9 Å². The van der Waals surface area contributed by atoms with Gasteiger partial charge in [-0.05, 0) is 40.5 Å². The van der Waals surface area contributed by atoms with Crippen LogP contribution in [-0.2, 0) is 0 Å². The predicted molar refractivity (Wildman–Crippen MR) is 94.6 cm³/mol. The molecule has 0 unspecified atom stereocenters. The number of unbranched alkanes of at least 4 members (excludes halogenated alkanes) is 8. The van der Waals surface area contributed by atoms with Crippen molar-refractivity contribution in [1.82, 2.24) is 0 Å². The Hall–Kier alpha value is -0.0200. The summed E-state index contributed by atoms with van der Waals surface area (Å²) in [6.45, 7) is 3.08. The van der Waals surface area contributed by atoms with Gasteiger partial charge in [0.15, 0.2) is 0 Å². The Labute approximate surface area is 140 Å². The molecule has 1 aromatic rings. The fourth-order valence-corrected chi connectivity index (χ4v) is 2.88. The third-order valence-electron chi connectivity index (χ3n) is 3.40. The molecule has 0 N–H and O–H groups in total. The van der Waals surface area contributed by atoms with Gasteiger partial charge < -0.3 is 4.74 Å². The van der Waals surface area contributed by atoms with Crippen molar-refractivity contribution in [3.63, 3.8) is 0 Å². The second-order valence-electron chi connectivity index (χ2n) is 5.25. The molecule has 0 aliphatic heterocycles. The summed E-state index contributed by atoms with van der Waals surface area (Å²) in [5.41, 5.74) is 0. The van der Waals surface area contributed by atoms with E-state index in [1.54, 1.807) is 0 Å². The summed E-state index contributed by atoms with van der Waals surface area (Å²) in [5.74, 6) is 0.930. The Morgan fingerprint density at radius 1 is 0.850 bits per heavy atom. The molecule has 0 bridgehead atoms. The zero-order valence-electron chi connectivity index (χ0n) is 12.5. The van der Waals surface area contributed by atoms with E-state index in [4.69, 9.17) is 4.74 Å². The van der Waals surface area contributed by atoms with Crippen molar-refractivity contribution in [2.24, 2.45) is 0 Å². The van der Waals surface area contributed by atoms with Crippen molar-refractivity contribution in [3.8, 4) is 5.75 Å². The fourth-order valence-electron chi connectivity index (χ4n) is 2.18. The van der Waals surface area contributed by atoms with E-state index in [1.165, 1.54) is 51.4 Å². The van der Waals surface area contributed by atoms with E-state index < -0.39 is 0 Å². The Kier molecular flexibility index (Phi) is 10.5. The molecule has 0 aromatic heterocycles. The van der Waals surface area contributed by atoms with Crippen LogP contribution in [-0.4, -0.2) is 6.61 Å². The van der Waals surface area contributed by atoms with E-state index >= 15 is 0 Å². The van der Waals surface area contributed by atoms with Crippen molar-refractivity contribution in [2.45, 2.75) is 64.7 Å². The van der Waals surface area contributed by atoms with E-state index in [9.17, 15) is 0 Å². The standard InChI is InChI=1S/C17H26Br2O/c1-2-3-4-5-6-7-8-9-10-13-20-17-14-15(18)11-12-16(17)19/h11-12,14H,2-10,13H2,1H3. The molecule has 0 heterocycles. The number of rotatable bonds is 11. The molecule has 1 aromatic carbocycles. The SMILES string of the molecule is CCCCCCCCCCCOc1cc(Br)ccc1Br. The van der Waals surface area contributed by atoms with Crippen LogP contribution in [0.2, 0.25) is 0 Å². The first kappa shape index (κ1) is 18.0. The van der Waals surface area contributed by atoms with Crippen LogP contribution in [0.4, 0.5) is 0 Å². The third kappa shape index (κ3) is 8.31. The van der Waals surface area contributed by atoms with Gasteiger partial charge in [-0.1, -0.05) is 74.2 Å². The summed E-state index contributed by atoms with van der Waals surface area (Å²) in [4.78, 5) is 0. The third-order valence-corrected chi connectivity index (χ3v) is 4.55. The average Bonchev–Trinajstić information content (AvgIpc) is 2.44. The van der Waals surface area contributed by atoms with Gasteiger partial charge >= 0.3 is 0 Å². The van der Waals surface area contributed by atoms with Crippen LogP contribution in [0.5, 0.6) is 5.75 Å². The monoisotopic (exact) mass is 404 g/mol. The molecular weight excluding hydrogens is 380 g/mol. The molecule has 3 heteroatoms. The summed E-state index contributed by atoms with van der Waals surface area (Å²) in [6, 6.07) is 6.03. The molecule has 0 spiro atoms. The molecule has 1 nitrogen and oxygen atoms in total. The van der Waals surface area contributed by atoms with Gasteiger partial charge in [0.2, 0.25) is 0 Å². The van der Waals surface area contributed by atoms with Gasteiger partial charge in [0, 0.05) is 4.47 Å². The van der Waals surface area contributed by atoms with Crippen molar-refractivity contribution >= 4 is 31.9 Å². The van der Waals surface area contributed by atoms with Crippen LogP contribution in [0, 0.1) is 0 Å². The minimum Gasteiger partial charge on any atom is -0.492 e. The Balaban J connectivity index is 1.98. The smallest absolute Gasteiger partial charge is 0.134 e. The molecule has 0 fully saturated rings. The van der Waals surface area contributed by atoms with Gasteiger partial charge in [0.1, 0.15) is 5.75 Å². The lowest BCUT2D eigenvalue weighted by molar-refractivity contribution is 0.302. The lowest BCUT2D eigenvalue weighted by atomic mass is 10.1. The number of halogens is 2.